The fourth-order valence-electron chi connectivity index (χ4n) is 10.7. The number of amides is 1. The molecule has 7 unspecified atom stereocenters. The van der Waals surface area contributed by atoms with E-state index in [-0.39, 0.29) is 23.7 Å². The van der Waals surface area contributed by atoms with E-state index in [4.69, 9.17) is 4.74 Å². The molecule has 1 aromatic carbocycles. The van der Waals surface area contributed by atoms with Gasteiger partial charge in [-0.05, 0) is 122 Å². The fraction of sp³-hybridized carbons (Fsp3) is 0.765. The number of esters is 1. The molecule has 0 heterocycles. The first-order chi connectivity index (χ1) is 18.5. The summed E-state index contributed by atoms with van der Waals surface area (Å²) in [6.07, 6.45) is 9.90. The van der Waals surface area contributed by atoms with E-state index in [1.54, 1.807) is 24.3 Å². The zero-order valence-corrected chi connectivity index (χ0v) is 25.0. The highest BCUT2D eigenvalue weighted by atomic mass is 16.5. The maximum atomic E-state index is 13.0. The lowest BCUT2D eigenvalue weighted by Crippen LogP contribution is -2.59. The van der Waals surface area contributed by atoms with E-state index in [0.717, 1.165) is 37.0 Å². The van der Waals surface area contributed by atoms with Crippen molar-refractivity contribution in [2.24, 2.45) is 58.2 Å². The summed E-state index contributed by atoms with van der Waals surface area (Å²) in [5.41, 5.74) is 1.05. The van der Waals surface area contributed by atoms with E-state index in [9.17, 15) is 14.7 Å². The molecule has 4 fully saturated rings. The predicted octanol–water partition coefficient (Wildman–Crippen LogP) is 7.23. The maximum absolute atomic E-state index is 13.0. The molecule has 0 aliphatic heterocycles. The quantitative estimate of drug-likeness (QED) is 0.375. The molecule has 1 amide bonds. The highest BCUT2D eigenvalue weighted by molar-refractivity contribution is 5.96. The predicted molar refractivity (Wildman–Crippen MR) is 154 cm³/mol. The summed E-state index contributed by atoms with van der Waals surface area (Å²) < 4.78 is 4.95. The van der Waals surface area contributed by atoms with Gasteiger partial charge < -0.3 is 15.2 Å². The minimum Gasteiger partial charge on any atom is -0.507 e. The highest BCUT2D eigenvalue weighted by Gasteiger charge is 2.64. The summed E-state index contributed by atoms with van der Waals surface area (Å²) in [5, 5.41) is 13.4. The van der Waals surface area contributed by atoms with Gasteiger partial charge in [0.25, 0.3) is 5.91 Å². The second kappa shape index (κ2) is 10.7. The number of methoxy groups -OCH3 is 1. The number of hydrogen-bond acceptors (Lipinski definition) is 4. The molecule has 4 aliphatic rings. The van der Waals surface area contributed by atoms with Gasteiger partial charge in [0.05, 0.1) is 12.7 Å². The fourth-order valence-corrected chi connectivity index (χ4v) is 10.7. The number of benzene rings is 1. The van der Waals surface area contributed by atoms with E-state index in [1.807, 2.05) is 0 Å². The second-order valence-corrected chi connectivity index (χ2v) is 14.4. The van der Waals surface area contributed by atoms with Gasteiger partial charge >= 0.3 is 5.97 Å². The van der Waals surface area contributed by atoms with Crippen LogP contribution in [0.3, 0.4) is 0 Å². The number of carbonyl (C=O) groups excluding carboxylic acids is 2. The number of para-hydroxylation sites is 1. The third-order valence-corrected chi connectivity index (χ3v) is 12.9. The lowest BCUT2D eigenvalue weighted by molar-refractivity contribution is -0.161. The average molecular weight is 538 g/mol. The maximum Gasteiger partial charge on any atom is 0.305 e. The van der Waals surface area contributed by atoms with Crippen molar-refractivity contribution in [3.8, 4) is 5.75 Å². The zero-order valence-electron chi connectivity index (χ0n) is 25.0. The molecule has 0 saturated heterocycles. The lowest BCUT2D eigenvalue weighted by atomic mass is 9.40. The number of rotatable bonds is 6. The van der Waals surface area contributed by atoms with E-state index in [2.05, 4.69) is 39.9 Å². The van der Waals surface area contributed by atoms with Gasteiger partial charge in [0.2, 0.25) is 0 Å². The van der Waals surface area contributed by atoms with Crippen molar-refractivity contribution in [3.05, 3.63) is 29.8 Å². The molecule has 4 aliphatic carbocycles. The Hall–Kier alpha value is -2.04. The van der Waals surface area contributed by atoms with Crippen LogP contribution in [0.2, 0.25) is 0 Å². The summed E-state index contributed by atoms with van der Waals surface area (Å²) in [7, 11) is 1.50. The normalized spacial score (nSPS) is 42.0. The molecule has 216 valence electrons. The largest absolute Gasteiger partial charge is 0.507 e. The van der Waals surface area contributed by atoms with Gasteiger partial charge in [0.1, 0.15) is 5.75 Å². The van der Waals surface area contributed by atoms with Crippen LogP contribution >= 0.6 is 0 Å². The van der Waals surface area contributed by atoms with Gasteiger partial charge in [-0.1, -0.05) is 46.8 Å². The minimum absolute atomic E-state index is 0.0542. The van der Waals surface area contributed by atoms with Gasteiger partial charge in [0.15, 0.2) is 0 Å². The van der Waals surface area contributed by atoms with Gasteiger partial charge in [-0.2, -0.15) is 0 Å². The first-order valence-corrected chi connectivity index (χ1v) is 15.7. The summed E-state index contributed by atoms with van der Waals surface area (Å²) in [6, 6.07) is 7.03. The minimum atomic E-state index is -0.149. The molecule has 4 saturated carbocycles. The Kier molecular flexibility index (Phi) is 7.85. The number of hydrogen-bond donors (Lipinski definition) is 2. The van der Waals surface area contributed by atoms with Gasteiger partial charge in [-0.15, -0.1) is 0 Å². The topological polar surface area (TPSA) is 75.6 Å². The number of aromatic hydroxyl groups is 1. The Morgan fingerprint density at radius 2 is 1.82 bits per heavy atom. The lowest BCUT2D eigenvalue weighted by Gasteiger charge is -2.65. The number of phenolic OH excluding ortho intramolecular Hbond substituents is 1. The standard InChI is InChI=1S/C34H51NO4/c1-20(11-14-30(37)39-6)26-12-13-27-31-21(2)17-23-19-24(35-32(38)25-9-7-8-10-29(25)36)15-16-33(23,4)28(31)18-22(3)34(26,27)5/h7-10,20-24,26-28,31,36H,11-19H2,1-6H3,(H,35,38)/t20?,21?,22-,23?,24?,26+,27?,28?,31?,33-,34+/m0/s1. The summed E-state index contributed by atoms with van der Waals surface area (Å²) in [6.45, 7) is 12.6. The van der Waals surface area contributed by atoms with Crippen LogP contribution in [0.15, 0.2) is 24.3 Å². The number of ether oxygens (including phenoxy) is 1. The second-order valence-electron chi connectivity index (χ2n) is 14.4. The zero-order chi connectivity index (χ0) is 28.1. The molecule has 5 nitrogen and oxygen atoms in total. The molecular weight excluding hydrogens is 486 g/mol. The van der Waals surface area contributed by atoms with Crippen LogP contribution in [0.5, 0.6) is 5.75 Å². The van der Waals surface area contributed by atoms with Crippen LogP contribution in [0.25, 0.3) is 0 Å². The molecule has 0 aromatic heterocycles. The summed E-state index contributed by atoms with van der Waals surface area (Å²) in [5.74, 6) is 5.35. The summed E-state index contributed by atoms with van der Waals surface area (Å²) >= 11 is 0. The highest BCUT2D eigenvalue weighted by Crippen LogP contribution is 2.71. The number of phenols is 1. The Labute approximate surface area is 235 Å². The van der Waals surface area contributed by atoms with Crippen molar-refractivity contribution in [2.45, 2.75) is 98.4 Å². The van der Waals surface area contributed by atoms with E-state index >= 15 is 0 Å². The third kappa shape index (κ3) is 4.80. The molecule has 0 spiro atoms. The van der Waals surface area contributed by atoms with Crippen LogP contribution < -0.4 is 5.32 Å². The SMILES string of the molecule is COC(=O)CCC(C)[C@H]1CCC2C3C(C)CC4CC(NC(=O)c5ccccc5O)CC[C@]4(C)C3C[C@H](C)[C@@]21C. The molecule has 0 radical (unpaired) electrons. The van der Waals surface area contributed by atoms with Crippen LogP contribution in [-0.2, 0) is 9.53 Å². The Morgan fingerprint density at radius 3 is 2.54 bits per heavy atom. The van der Waals surface area contributed by atoms with Gasteiger partial charge in [-0.3, -0.25) is 9.59 Å². The number of fused-ring (bicyclic) bond motifs is 5. The van der Waals surface area contributed by atoms with E-state index in [1.165, 1.54) is 39.2 Å². The molecule has 11 atom stereocenters. The first kappa shape index (κ1) is 28.5. The van der Waals surface area contributed by atoms with Crippen molar-refractivity contribution in [1.29, 1.82) is 0 Å². The smallest absolute Gasteiger partial charge is 0.305 e. The molecule has 1 aromatic rings. The number of carbonyl (C=O) groups is 2. The van der Waals surface area contributed by atoms with Crippen molar-refractivity contribution in [3.63, 3.8) is 0 Å². The van der Waals surface area contributed by atoms with Crippen LogP contribution in [0.1, 0.15) is 103 Å². The Balaban J connectivity index is 1.30. The first-order valence-electron chi connectivity index (χ1n) is 15.7. The van der Waals surface area contributed by atoms with E-state index in [0.29, 0.717) is 52.4 Å². The van der Waals surface area contributed by atoms with Crippen LogP contribution in [0.4, 0.5) is 0 Å². The monoisotopic (exact) mass is 537 g/mol. The molecular formula is C34H51NO4. The molecule has 5 heteroatoms. The third-order valence-electron chi connectivity index (χ3n) is 12.9. The molecule has 39 heavy (non-hydrogen) atoms. The van der Waals surface area contributed by atoms with Crippen molar-refractivity contribution < 1.29 is 19.4 Å². The molecule has 5 rings (SSSR count). The van der Waals surface area contributed by atoms with Gasteiger partial charge in [-0.25, -0.2) is 0 Å². The van der Waals surface area contributed by atoms with Crippen molar-refractivity contribution in [2.75, 3.05) is 7.11 Å². The molecule has 0 bridgehead atoms. The van der Waals surface area contributed by atoms with Gasteiger partial charge in [0, 0.05) is 12.5 Å². The molecule has 2 N–H and O–H groups in total. The van der Waals surface area contributed by atoms with Crippen LogP contribution in [0, 0.1) is 58.2 Å². The number of nitrogens with one attached hydrogen (secondary N) is 1. The Bertz CT molecular complexity index is 1070. The summed E-state index contributed by atoms with van der Waals surface area (Å²) in [4.78, 5) is 24.8. The Morgan fingerprint density at radius 1 is 1.08 bits per heavy atom. The van der Waals surface area contributed by atoms with Crippen molar-refractivity contribution >= 4 is 11.9 Å². The average Bonchev–Trinajstić information content (AvgIpc) is 3.27. The van der Waals surface area contributed by atoms with Crippen LogP contribution in [-0.4, -0.2) is 30.1 Å². The van der Waals surface area contributed by atoms with E-state index < -0.39 is 0 Å². The van der Waals surface area contributed by atoms with Crippen molar-refractivity contribution in [1.82, 2.24) is 5.32 Å².